The van der Waals surface area contributed by atoms with Gasteiger partial charge in [0, 0.05) is 29.7 Å². The monoisotopic (exact) mass is 393 g/mol. The molecule has 150 valence electrons. The van der Waals surface area contributed by atoms with Crippen LogP contribution in [0.2, 0.25) is 0 Å². The minimum Gasteiger partial charge on any atom is -0.497 e. The van der Waals surface area contributed by atoms with Crippen molar-refractivity contribution >= 4 is 17.6 Å². The number of hydrogen-bond donors (Lipinski definition) is 0. The van der Waals surface area contributed by atoms with Crippen LogP contribution in [0.15, 0.2) is 47.7 Å². The Balaban J connectivity index is 1.85. The van der Waals surface area contributed by atoms with Gasteiger partial charge in [0.05, 0.1) is 25.5 Å². The third-order valence-corrected chi connectivity index (χ3v) is 5.40. The molecule has 4 rings (SSSR count). The van der Waals surface area contributed by atoms with Gasteiger partial charge in [-0.3, -0.25) is 9.69 Å². The smallest absolute Gasteiger partial charge is 0.336 e. The van der Waals surface area contributed by atoms with E-state index in [0.29, 0.717) is 22.8 Å². The number of rotatable bonds is 4. The Morgan fingerprint density at radius 2 is 1.72 bits per heavy atom. The highest BCUT2D eigenvalue weighted by molar-refractivity contribution is 6.06. The molecular formula is C23H23NO5. The van der Waals surface area contributed by atoms with Gasteiger partial charge in [0.15, 0.2) is 0 Å². The zero-order chi connectivity index (χ0) is 20.7. The number of nitrogens with zero attached hydrogens (tertiary/aromatic N) is 1. The molecule has 2 heterocycles. The Morgan fingerprint density at radius 1 is 1.00 bits per heavy atom. The van der Waals surface area contributed by atoms with E-state index in [1.807, 2.05) is 32.0 Å². The Morgan fingerprint density at radius 3 is 2.38 bits per heavy atom. The van der Waals surface area contributed by atoms with Crippen LogP contribution in [0.1, 0.15) is 29.0 Å². The molecule has 0 spiro atoms. The van der Waals surface area contributed by atoms with Gasteiger partial charge in [0.25, 0.3) is 0 Å². The number of ether oxygens (including phenoxy) is 3. The molecular weight excluding hydrogens is 370 g/mol. The molecule has 2 aromatic rings. The lowest BCUT2D eigenvalue weighted by Crippen LogP contribution is -2.37. The molecule has 2 aliphatic rings. The summed E-state index contributed by atoms with van der Waals surface area (Å²) in [7, 11) is 3.14. The lowest BCUT2D eigenvalue weighted by molar-refractivity contribution is -0.136. The van der Waals surface area contributed by atoms with Crippen molar-refractivity contribution in [3.05, 3.63) is 64.4 Å². The summed E-state index contributed by atoms with van der Waals surface area (Å²) in [5.74, 6) is 0.344. The van der Waals surface area contributed by atoms with Gasteiger partial charge in [-0.1, -0.05) is 12.1 Å². The maximum Gasteiger partial charge on any atom is 0.336 e. The molecule has 2 aromatic carbocycles. The summed E-state index contributed by atoms with van der Waals surface area (Å²) in [6.45, 7) is 4.06. The SMILES string of the molecule is COc1ccc(C2CC(=O)N(c3cc(C)cc(C)c3)C3=C2C(=O)OC3)c(OC)c1. The first-order valence-electron chi connectivity index (χ1n) is 9.46. The van der Waals surface area contributed by atoms with Crippen molar-refractivity contribution in [3.8, 4) is 11.5 Å². The molecule has 0 aliphatic carbocycles. The van der Waals surface area contributed by atoms with E-state index in [4.69, 9.17) is 14.2 Å². The number of esters is 1. The standard InChI is InChI=1S/C23H23NO5/c1-13-7-14(2)9-15(8-13)24-19-12-29-23(26)22(19)18(11-21(24)25)17-6-5-16(27-3)10-20(17)28-4/h5-10,18H,11-12H2,1-4H3. The second-order valence-electron chi connectivity index (χ2n) is 7.38. The predicted molar refractivity (Wildman–Crippen MR) is 108 cm³/mol. The van der Waals surface area contributed by atoms with Gasteiger partial charge in [-0.2, -0.15) is 0 Å². The molecule has 0 radical (unpaired) electrons. The number of anilines is 1. The Kier molecular flexibility index (Phi) is 4.78. The molecule has 0 saturated carbocycles. The number of benzene rings is 2. The fraction of sp³-hybridized carbons (Fsp3) is 0.304. The van der Waals surface area contributed by atoms with Crippen molar-refractivity contribution in [2.24, 2.45) is 0 Å². The zero-order valence-electron chi connectivity index (χ0n) is 16.9. The number of carbonyl (C=O) groups excluding carboxylic acids is 2. The van der Waals surface area contributed by atoms with Crippen molar-refractivity contribution in [2.75, 3.05) is 25.7 Å². The van der Waals surface area contributed by atoms with E-state index < -0.39 is 5.92 Å². The van der Waals surface area contributed by atoms with Gasteiger partial charge in [-0.15, -0.1) is 0 Å². The fourth-order valence-corrected chi connectivity index (χ4v) is 4.21. The molecule has 0 saturated heterocycles. The van der Waals surface area contributed by atoms with Crippen molar-refractivity contribution in [1.82, 2.24) is 0 Å². The summed E-state index contributed by atoms with van der Waals surface area (Å²) in [6.07, 6.45) is 0.156. The highest BCUT2D eigenvalue weighted by Crippen LogP contribution is 2.45. The van der Waals surface area contributed by atoms with Crippen LogP contribution in [0.4, 0.5) is 5.69 Å². The minimum absolute atomic E-state index is 0.0741. The average molecular weight is 393 g/mol. The highest BCUT2D eigenvalue weighted by Gasteiger charge is 2.43. The highest BCUT2D eigenvalue weighted by atomic mass is 16.5. The number of cyclic esters (lactones) is 1. The van der Waals surface area contributed by atoms with Crippen LogP contribution < -0.4 is 14.4 Å². The maximum absolute atomic E-state index is 13.2. The lowest BCUT2D eigenvalue weighted by atomic mass is 9.83. The van der Waals surface area contributed by atoms with E-state index in [1.165, 1.54) is 0 Å². The molecule has 0 bridgehead atoms. The number of hydrogen-bond acceptors (Lipinski definition) is 5. The number of carbonyl (C=O) groups is 2. The molecule has 2 aliphatic heterocycles. The molecule has 6 heteroatoms. The quantitative estimate of drug-likeness (QED) is 0.742. The lowest BCUT2D eigenvalue weighted by Gasteiger charge is -2.32. The van der Waals surface area contributed by atoms with Gasteiger partial charge in [-0.05, 0) is 43.2 Å². The average Bonchev–Trinajstić information content (AvgIpc) is 3.07. The molecule has 0 N–H and O–H groups in total. The fourth-order valence-electron chi connectivity index (χ4n) is 4.21. The Labute approximate surface area is 169 Å². The maximum atomic E-state index is 13.2. The van der Waals surface area contributed by atoms with Gasteiger partial charge in [0.2, 0.25) is 5.91 Å². The molecule has 29 heavy (non-hydrogen) atoms. The van der Waals surface area contributed by atoms with Crippen molar-refractivity contribution < 1.29 is 23.8 Å². The van der Waals surface area contributed by atoms with Gasteiger partial charge < -0.3 is 14.2 Å². The first kappa shape index (κ1) is 19.1. The summed E-state index contributed by atoms with van der Waals surface area (Å²) >= 11 is 0. The molecule has 0 aromatic heterocycles. The van der Waals surface area contributed by atoms with Crippen LogP contribution in [0.25, 0.3) is 0 Å². The Hall–Kier alpha value is -3.28. The summed E-state index contributed by atoms with van der Waals surface area (Å²) in [4.78, 5) is 27.5. The van der Waals surface area contributed by atoms with Crippen LogP contribution in [-0.4, -0.2) is 32.7 Å². The topological polar surface area (TPSA) is 65.1 Å². The number of aryl methyl sites for hydroxylation is 2. The summed E-state index contributed by atoms with van der Waals surface area (Å²) in [6, 6.07) is 11.4. The number of methoxy groups -OCH3 is 2. The molecule has 6 nitrogen and oxygen atoms in total. The Bertz CT molecular complexity index is 1020. The summed E-state index contributed by atoms with van der Waals surface area (Å²) < 4.78 is 16.1. The normalized spacial score (nSPS) is 18.6. The third-order valence-electron chi connectivity index (χ3n) is 5.40. The van der Waals surface area contributed by atoms with E-state index in [1.54, 1.807) is 31.3 Å². The van der Waals surface area contributed by atoms with Crippen LogP contribution in [0, 0.1) is 13.8 Å². The third kappa shape index (κ3) is 3.24. The van der Waals surface area contributed by atoms with Crippen LogP contribution in [0.3, 0.4) is 0 Å². The molecule has 1 unspecified atom stereocenters. The van der Waals surface area contributed by atoms with Crippen molar-refractivity contribution in [3.63, 3.8) is 0 Å². The van der Waals surface area contributed by atoms with Crippen LogP contribution in [0.5, 0.6) is 11.5 Å². The van der Waals surface area contributed by atoms with Crippen LogP contribution >= 0.6 is 0 Å². The second-order valence-corrected chi connectivity index (χ2v) is 7.38. The number of amides is 1. The van der Waals surface area contributed by atoms with Crippen molar-refractivity contribution in [2.45, 2.75) is 26.2 Å². The molecule has 1 atom stereocenters. The van der Waals surface area contributed by atoms with Crippen LogP contribution in [-0.2, 0) is 14.3 Å². The summed E-state index contributed by atoms with van der Waals surface area (Å²) in [5, 5.41) is 0. The molecule has 0 fully saturated rings. The largest absolute Gasteiger partial charge is 0.497 e. The second kappa shape index (κ2) is 7.28. The zero-order valence-corrected chi connectivity index (χ0v) is 16.9. The van der Waals surface area contributed by atoms with E-state index in [2.05, 4.69) is 6.07 Å². The first-order chi connectivity index (χ1) is 13.9. The van der Waals surface area contributed by atoms with Gasteiger partial charge in [-0.25, -0.2) is 4.79 Å². The van der Waals surface area contributed by atoms with Crippen molar-refractivity contribution in [1.29, 1.82) is 0 Å². The minimum atomic E-state index is -0.421. The van der Waals surface area contributed by atoms with E-state index in [9.17, 15) is 9.59 Å². The predicted octanol–water partition coefficient (Wildman–Crippen LogP) is 3.65. The summed E-state index contributed by atoms with van der Waals surface area (Å²) in [5.41, 5.74) is 4.77. The van der Waals surface area contributed by atoms with Gasteiger partial charge in [0.1, 0.15) is 18.1 Å². The first-order valence-corrected chi connectivity index (χ1v) is 9.46. The molecule has 1 amide bonds. The van der Waals surface area contributed by atoms with E-state index in [-0.39, 0.29) is 24.9 Å². The van der Waals surface area contributed by atoms with E-state index >= 15 is 0 Å². The van der Waals surface area contributed by atoms with Gasteiger partial charge >= 0.3 is 5.97 Å². The van der Waals surface area contributed by atoms with E-state index in [0.717, 1.165) is 22.4 Å².